The van der Waals surface area contributed by atoms with E-state index >= 15 is 0 Å². The molecule has 0 spiro atoms. The first kappa shape index (κ1) is 20.1. The molecular weight excluding hydrogens is 388 g/mol. The van der Waals surface area contributed by atoms with Gasteiger partial charge in [0, 0.05) is 5.56 Å². The standard InChI is InChI=1S/C27H20O4/c28-25-16-14-22(15-17-25)21-8-12-24(13-9-21)27(30)31-18-26(29)23-10-6-20(7-11-23)19-4-2-1-3-5-19/h1-17,28H,18H2. The van der Waals surface area contributed by atoms with Crippen LogP contribution in [-0.2, 0) is 4.74 Å². The molecule has 4 aromatic carbocycles. The van der Waals surface area contributed by atoms with Crippen molar-refractivity contribution in [1.29, 1.82) is 0 Å². The summed E-state index contributed by atoms with van der Waals surface area (Å²) in [4.78, 5) is 24.7. The summed E-state index contributed by atoms with van der Waals surface area (Å²) in [6, 6.07) is 30.9. The Morgan fingerprint density at radius 2 is 1.03 bits per heavy atom. The molecule has 4 aromatic rings. The maximum absolute atomic E-state index is 12.4. The number of carbonyl (C=O) groups is 2. The topological polar surface area (TPSA) is 63.6 Å². The van der Waals surface area contributed by atoms with E-state index in [0.717, 1.165) is 22.3 Å². The van der Waals surface area contributed by atoms with Gasteiger partial charge in [0.1, 0.15) is 5.75 Å². The fourth-order valence-corrected chi connectivity index (χ4v) is 3.23. The highest BCUT2D eigenvalue weighted by Crippen LogP contribution is 2.23. The van der Waals surface area contributed by atoms with E-state index < -0.39 is 5.97 Å². The van der Waals surface area contributed by atoms with Crippen molar-refractivity contribution in [3.63, 3.8) is 0 Å². The number of hydrogen-bond acceptors (Lipinski definition) is 4. The van der Waals surface area contributed by atoms with Crippen LogP contribution < -0.4 is 0 Å². The molecular formula is C27H20O4. The molecule has 0 aliphatic heterocycles. The van der Waals surface area contributed by atoms with Crippen molar-refractivity contribution in [1.82, 2.24) is 0 Å². The lowest BCUT2D eigenvalue weighted by atomic mass is 10.0. The third-order valence-corrected chi connectivity index (χ3v) is 4.97. The summed E-state index contributed by atoms with van der Waals surface area (Å²) >= 11 is 0. The minimum absolute atomic E-state index is 0.198. The van der Waals surface area contributed by atoms with Crippen molar-refractivity contribution in [3.8, 4) is 28.0 Å². The second-order valence-corrected chi connectivity index (χ2v) is 7.07. The predicted octanol–water partition coefficient (Wildman–Crippen LogP) is 5.77. The Morgan fingerprint density at radius 3 is 1.58 bits per heavy atom. The van der Waals surface area contributed by atoms with Crippen molar-refractivity contribution in [2.75, 3.05) is 6.61 Å². The van der Waals surface area contributed by atoms with Gasteiger partial charge in [0.05, 0.1) is 5.56 Å². The van der Waals surface area contributed by atoms with Gasteiger partial charge in [-0.3, -0.25) is 4.79 Å². The van der Waals surface area contributed by atoms with Crippen LogP contribution >= 0.6 is 0 Å². The summed E-state index contributed by atoms with van der Waals surface area (Å²) in [5.74, 6) is -0.608. The normalized spacial score (nSPS) is 10.5. The zero-order valence-corrected chi connectivity index (χ0v) is 16.7. The molecule has 0 radical (unpaired) electrons. The summed E-state index contributed by atoms with van der Waals surface area (Å²) in [6.45, 7) is -0.316. The Kier molecular flexibility index (Phi) is 5.90. The van der Waals surface area contributed by atoms with Crippen LogP contribution in [0.25, 0.3) is 22.3 Å². The van der Waals surface area contributed by atoms with Gasteiger partial charge in [-0.15, -0.1) is 0 Å². The Hall–Kier alpha value is -4.18. The van der Waals surface area contributed by atoms with Gasteiger partial charge >= 0.3 is 5.97 Å². The lowest BCUT2D eigenvalue weighted by molar-refractivity contribution is 0.0475. The predicted molar refractivity (Wildman–Crippen MR) is 120 cm³/mol. The number of hydrogen-bond donors (Lipinski definition) is 1. The van der Waals surface area contributed by atoms with Crippen LogP contribution in [-0.4, -0.2) is 23.5 Å². The Bertz CT molecular complexity index is 1180. The highest BCUT2D eigenvalue weighted by atomic mass is 16.5. The van der Waals surface area contributed by atoms with Crippen LogP contribution in [0.1, 0.15) is 20.7 Å². The van der Waals surface area contributed by atoms with Crippen LogP contribution in [0.4, 0.5) is 0 Å². The quantitative estimate of drug-likeness (QED) is 0.325. The summed E-state index contributed by atoms with van der Waals surface area (Å²) < 4.78 is 5.20. The largest absolute Gasteiger partial charge is 0.508 e. The molecule has 1 N–H and O–H groups in total. The highest BCUT2D eigenvalue weighted by Gasteiger charge is 2.12. The summed E-state index contributed by atoms with van der Waals surface area (Å²) in [6.07, 6.45) is 0. The molecule has 0 saturated heterocycles. The van der Waals surface area contributed by atoms with E-state index in [9.17, 15) is 14.7 Å². The molecule has 31 heavy (non-hydrogen) atoms. The summed E-state index contributed by atoms with van der Waals surface area (Å²) in [5.41, 5.74) is 4.79. The second-order valence-electron chi connectivity index (χ2n) is 7.07. The number of Topliss-reactive ketones (excluding diaryl/α,β-unsaturated/α-hetero) is 1. The molecule has 0 bridgehead atoms. The number of carbonyl (C=O) groups excluding carboxylic acids is 2. The first-order valence-electron chi connectivity index (χ1n) is 9.85. The van der Waals surface area contributed by atoms with Gasteiger partial charge in [0.25, 0.3) is 0 Å². The van der Waals surface area contributed by atoms with Gasteiger partial charge in [-0.25, -0.2) is 4.79 Å². The fraction of sp³-hybridized carbons (Fsp3) is 0.0370. The Balaban J connectivity index is 1.36. The minimum atomic E-state index is -0.550. The van der Waals surface area contributed by atoms with Crippen molar-refractivity contribution in [3.05, 3.63) is 114 Å². The van der Waals surface area contributed by atoms with Gasteiger partial charge in [0.2, 0.25) is 0 Å². The number of aromatic hydroxyl groups is 1. The number of ether oxygens (including phenoxy) is 1. The summed E-state index contributed by atoms with van der Waals surface area (Å²) in [7, 11) is 0. The number of rotatable bonds is 6. The molecule has 0 aliphatic rings. The SMILES string of the molecule is O=C(COC(=O)c1ccc(-c2ccc(O)cc2)cc1)c1ccc(-c2ccccc2)cc1. The monoisotopic (exact) mass is 408 g/mol. The number of ketones is 1. The van der Waals surface area contributed by atoms with Crippen LogP contribution in [0.2, 0.25) is 0 Å². The zero-order valence-electron chi connectivity index (χ0n) is 16.7. The molecule has 4 rings (SSSR count). The molecule has 0 aliphatic carbocycles. The molecule has 0 fully saturated rings. The molecule has 0 saturated carbocycles. The average molecular weight is 408 g/mol. The van der Waals surface area contributed by atoms with Gasteiger partial charge in [-0.05, 0) is 46.5 Å². The minimum Gasteiger partial charge on any atom is -0.508 e. The first-order valence-corrected chi connectivity index (χ1v) is 9.85. The van der Waals surface area contributed by atoms with Gasteiger partial charge < -0.3 is 9.84 Å². The smallest absolute Gasteiger partial charge is 0.338 e. The molecule has 0 amide bonds. The third-order valence-electron chi connectivity index (χ3n) is 4.97. The van der Waals surface area contributed by atoms with Crippen LogP contribution in [0, 0.1) is 0 Å². The van der Waals surface area contributed by atoms with Crippen molar-refractivity contribution in [2.45, 2.75) is 0 Å². The van der Waals surface area contributed by atoms with Crippen molar-refractivity contribution in [2.24, 2.45) is 0 Å². The van der Waals surface area contributed by atoms with Crippen molar-refractivity contribution >= 4 is 11.8 Å². The maximum Gasteiger partial charge on any atom is 0.338 e. The van der Waals surface area contributed by atoms with Crippen LogP contribution in [0.5, 0.6) is 5.75 Å². The van der Waals surface area contributed by atoms with Gasteiger partial charge in [-0.1, -0.05) is 78.9 Å². The Morgan fingerprint density at radius 1 is 0.581 bits per heavy atom. The number of benzene rings is 4. The van der Waals surface area contributed by atoms with E-state index in [0.29, 0.717) is 11.1 Å². The summed E-state index contributed by atoms with van der Waals surface area (Å²) in [5, 5.41) is 9.38. The van der Waals surface area contributed by atoms with E-state index in [4.69, 9.17) is 4.74 Å². The van der Waals surface area contributed by atoms with Crippen LogP contribution in [0.3, 0.4) is 0 Å². The maximum atomic E-state index is 12.4. The first-order chi connectivity index (χ1) is 15.1. The third kappa shape index (κ3) is 4.87. The van der Waals surface area contributed by atoms with E-state index in [1.165, 1.54) is 0 Å². The number of esters is 1. The fourth-order valence-electron chi connectivity index (χ4n) is 3.23. The van der Waals surface area contributed by atoms with Gasteiger partial charge in [-0.2, -0.15) is 0 Å². The molecule has 152 valence electrons. The molecule has 0 aromatic heterocycles. The molecule has 0 heterocycles. The van der Waals surface area contributed by atoms with Gasteiger partial charge in [0.15, 0.2) is 12.4 Å². The van der Waals surface area contributed by atoms with E-state index in [2.05, 4.69) is 0 Å². The van der Waals surface area contributed by atoms with E-state index in [-0.39, 0.29) is 18.1 Å². The van der Waals surface area contributed by atoms with Crippen LogP contribution in [0.15, 0.2) is 103 Å². The van der Waals surface area contributed by atoms with E-state index in [1.807, 2.05) is 42.5 Å². The van der Waals surface area contributed by atoms with E-state index in [1.54, 1.807) is 60.7 Å². The lowest BCUT2D eigenvalue weighted by Gasteiger charge is -2.07. The zero-order chi connectivity index (χ0) is 21.6. The second kappa shape index (κ2) is 9.09. The Labute approximate surface area is 180 Å². The highest BCUT2D eigenvalue weighted by molar-refractivity contribution is 5.99. The molecule has 0 atom stereocenters. The van der Waals surface area contributed by atoms with Crippen molar-refractivity contribution < 1.29 is 19.4 Å². The number of phenolic OH excluding ortho intramolecular Hbond substituents is 1. The number of phenols is 1. The molecule has 0 unspecified atom stereocenters. The lowest BCUT2D eigenvalue weighted by Crippen LogP contribution is -2.14. The molecule has 4 heteroatoms. The molecule has 4 nitrogen and oxygen atoms in total. The average Bonchev–Trinajstić information content (AvgIpc) is 2.83.